The molecule has 6 heteroatoms. The Bertz CT molecular complexity index is 824. The van der Waals surface area contributed by atoms with Crippen molar-refractivity contribution in [3.63, 3.8) is 0 Å². The van der Waals surface area contributed by atoms with Crippen LogP contribution in [0.2, 0.25) is 5.02 Å². The van der Waals surface area contributed by atoms with E-state index in [0.717, 1.165) is 16.7 Å². The Morgan fingerprint density at radius 3 is 2.95 bits per heavy atom. The van der Waals surface area contributed by atoms with E-state index in [-0.39, 0.29) is 12.4 Å². The summed E-state index contributed by atoms with van der Waals surface area (Å²) in [4.78, 5) is 8.20. The highest BCUT2D eigenvalue weighted by molar-refractivity contribution is 6.33. The molecule has 4 nitrogen and oxygen atoms in total. The number of nitriles is 1. The van der Waals surface area contributed by atoms with Crippen LogP contribution in [-0.4, -0.2) is 16.6 Å². The zero-order valence-corrected chi connectivity index (χ0v) is 12.4. The molecule has 0 atom stereocenters. The van der Waals surface area contributed by atoms with Gasteiger partial charge in [0.2, 0.25) is 5.95 Å². The van der Waals surface area contributed by atoms with Crippen LogP contribution in [0.25, 0.3) is 5.57 Å². The van der Waals surface area contributed by atoms with Crippen LogP contribution in [0.3, 0.4) is 0 Å². The zero-order chi connectivity index (χ0) is 15.7. The Kier molecular flexibility index (Phi) is 3.78. The molecule has 1 aromatic heterocycles. The molecule has 0 saturated carbocycles. The second kappa shape index (κ2) is 5.74. The summed E-state index contributed by atoms with van der Waals surface area (Å²) in [5, 5.41) is 9.51. The van der Waals surface area contributed by atoms with Crippen molar-refractivity contribution in [1.82, 2.24) is 9.97 Å². The van der Waals surface area contributed by atoms with E-state index in [1.807, 2.05) is 12.1 Å². The van der Waals surface area contributed by atoms with Gasteiger partial charge in [-0.3, -0.25) is 4.39 Å². The summed E-state index contributed by atoms with van der Waals surface area (Å²) in [5.74, 6) is 0.145. The molecule has 0 unspecified atom stereocenters. The largest absolute Gasteiger partial charge is 0.368 e. The summed E-state index contributed by atoms with van der Waals surface area (Å²) in [6.07, 6.45) is 4.37. The fourth-order valence-corrected chi connectivity index (χ4v) is 2.92. The van der Waals surface area contributed by atoms with Crippen LogP contribution < -0.4 is 5.73 Å². The van der Waals surface area contributed by atoms with Crippen molar-refractivity contribution in [2.24, 2.45) is 0 Å². The number of aryl methyl sites for hydroxylation is 1. The lowest BCUT2D eigenvalue weighted by Gasteiger charge is -2.11. The maximum Gasteiger partial charge on any atom is 0.220 e. The predicted octanol–water partition coefficient (Wildman–Crippen LogP) is 3.08. The number of nitrogen functional groups attached to an aromatic ring is 1. The third kappa shape index (κ3) is 2.32. The lowest BCUT2D eigenvalue weighted by molar-refractivity contribution is 0.494. The highest BCUT2D eigenvalue weighted by Crippen LogP contribution is 2.38. The molecule has 0 saturated heterocycles. The Morgan fingerprint density at radius 1 is 1.41 bits per heavy atom. The molecule has 0 fully saturated rings. The van der Waals surface area contributed by atoms with E-state index in [0.29, 0.717) is 28.3 Å². The number of aromatic nitrogens is 2. The molecule has 2 aromatic rings. The number of benzene rings is 1. The molecule has 0 aliphatic heterocycles. The molecular formula is C16H12ClFN4. The summed E-state index contributed by atoms with van der Waals surface area (Å²) < 4.78 is 12.7. The quantitative estimate of drug-likeness (QED) is 0.944. The van der Waals surface area contributed by atoms with E-state index in [9.17, 15) is 4.39 Å². The third-order valence-electron chi connectivity index (χ3n) is 3.67. The minimum absolute atomic E-state index is 0.145. The number of hydrogen-bond donors (Lipinski definition) is 1. The first-order valence-corrected chi connectivity index (χ1v) is 7.13. The monoisotopic (exact) mass is 314 g/mol. The van der Waals surface area contributed by atoms with Crippen LogP contribution in [0.4, 0.5) is 10.3 Å². The number of fused-ring (bicyclic) bond motifs is 1. The lowest BCUT2D eigenvalue weighted by Crippen LogP contribution is -2.05. The number of anilines is 1. The molecular weight excluding hydrogens is 303 g/mol. The second-order valence-electron chi connectivity index (χ2n) is 4.93. The van der Waals surface area contributed by atoms with Gasteiger partial charge in [0.05, 0.1) is 23.0 Å². The van der Waals surface area contributed by atoms with Crippen LogP contribution in [0, 0.1) is 11.3 Å². The van der Waals surface area contributed by atoms with Crippen LogP contribution in [0.5, 0.6) is 0 Å². The van der Waals surface area contributed by atoms with Crippen molar-refractivity contribution in [2.75, 3.05) is 12.4 Å². The van der Waals surface area contributed by atoms with Crippen molar-refractivity contribution in [1.29, 1.82) is 5.26 Å². The Hall–Kier alpha value is -2.45. The third-order valence-corrected chi connectivity index (χ3v) is 4.10. The van der Waals surface area contributed by atoms with Gasteiger partial charge in [-0.1, -0.05) is 23.7 Å². The number of hydrogen-bond acceptors (Lipinski definition) is 4. The smallest absolute Gasteiger partial charge is 0.220 e. The molecule has 0 amide bonds. The molecule has 3 rings (SSSR count). The highest BCUT2D eigenvalue weighted by atomic mass is 35.5. The predicted molar refractivity (Wildman–Crippen MR) is 83.1 cm³/mol. The van der Waals surface area contributed by atoms with Gasteiger partial charge in [0, 0.05) is 18.2 Å². The van der Waals surface area contributed by atoms with Gasteiger partial charge >= 0.3 is 0 Å². The molecule has 0 spiro atoms. The van der Waals surface area contributed by atoms with E-state index in [1.54, 1.807) is 12.3 Å². The lowest BCUT2D eigenvalue weighted by atomic mass is 9.98. The van der Waals surface area contributed by atoms with E-state index < -0.39 is 6.67 Å². The minimum Gasteiger partial charge on any atom is -0.368 e. The average molecular weight is 315 g/mol. The topological polar surface area (TPSA) is 75.6 Å². The SMILES string of the molecule is N#Cc1ccc2c(c1Cl)CC=C2c1nc(N)ncc1CCF. The average Bonchev–Trinajstić information content (AvgIpc) is 2.94. The summed E-state index contributed by atoms with van der Waals surface area (Å²) in [7, 11) is 0. The van der Waals surface area contributed by atoms with Gasteiger partial charge in [0.15, 0.2) is 0 Å². The number of nitrogens with two attached hydrogens (primary N) is 1. The number of alkyl halides is 1. The van der Waals surface area contributed by atoms with Gasteiger partial charge in [-0.2, -0.15) is 5.26 Å². The van der Waals surface area contributed by atoms with Crippen LogP contribution in [-0.2, 0) is 12.8 Å². The van der Waals surface area contributed by atoms with Crippen molar-refractivity contribution < 1.29 is 4.39 Å². The minimum atomic E-state index is -0.492. The van der Waals surface area contributed by atoms with E-state index in [2.05, 4.69) is 16.0 Å². The first-order chi connectivity index (χ1) is 10.7. The molecule has 1 aliphatic carbocycles. The summed E-state index contributed by atoms with van der Waals surface area (Å²) >= 11 is 6.27. The molecule has 22 heavy (non-hydrogen) atoms. The molecule has 1 heterocycles. The van der Waals surface area contributed by atoms with Gasteiger partial charge in [0.1, 0.15) is 6.07 Å². The van der Waals surface area contributed by atoms with E-state index >= 15 is 0 Å². The van der Waals surface area contributed by atoms with Gasteiger partial charge < -0.3 is 5.73 Å². The summed E-state index contributed by atoms with van der Waals surface area (Å²) in [6.45, 7) is -0.492. The summed E-state index contributed by atoms with van der Waals surface area (Å²) in [5.41, 5.74) is 10.1. The van der Waals surface area contributed by atoms with Crippen LogP contribution in [0.1, 0.15) is 27.9 Å². The van der Waals surface area contributed by atoms with Crippen molar-refractivity contribution in [3.05, 3.63) is 57.4 Å². The first-order valence-electron chi connectivity index (χ1n) is 6.75. The van der Waals surface area contributed by atoms with Crippen LogP contribution >= 0.6 is 11.6 Å². The van der Waals surface area contributed by atoms with Gasteiger partial charge in [-0.25, -0.2) is 9.97 Å². The van der Waals surface area contributed by atoms with Gasteiger partial charge in [-0.05, 0) is 29.2 Å². The molecule has 1 aromatic carbocycles. The van der Waals surface area contributed by atoms with Gasteiger partial charge in [0.25, 0.3) is 0 Å². The number of allylic oxidation sites excluding steroid dienone is 1. The molecule has 2 N–H and O–H groups in total. The standard InChI is InChI=1S/C16H12ClFN4/c17-14-9(7-19)1-2-11-12(14)3-4-13(11)15-10(5-6-18)8-21-16(20)22-15/h1-2,4,8H,3,5-6H2,(H2,20,21,22). The Balaban J connectivity index is 2.13. The summed E-state index contributed by atoms with van der Waals surface area (Å²) in [6, 6.07) is 5.59. The van der Waals surface area contributed by atoms with E-state index in [1.165, 1.54) is 0 Å². The molecule has 1 aliphatic rings. The van der Waals surface area contributed by atoms with Crippen molar-refractivity contribution in [2.45, 2.75) is 12.8 Å². The number of rotatable bonds is 3. The first kappa shape index (κ1) is 14.5. The van der Waals surface area contributed by atoms with Crippen molar-refractivity contribution in [3.8, 4) is 6.07 Å². The molecule has 0 radical (unpaired) electrons. The van der Waals surface area contributed by atoms with E-state index in [4.69, 9.17) is 22.6 Å². The molecule has 0 bridgehead atoms. The second-order valence-corrected chi connectivity index (χ2v) is 5.31. The maximum absolute atomic E-state index is 12.7. The number of halogens is 2. The maximum atomic E-state index is 12.7. The van der Waals surface area contributed by atoms with Gasteiger partial charge in [-0.15, -0.1) is 0 Å². The highest BCUT2D eigenvalue weighted by Gasteiger charge is 2.23. The molecule has 110 valence electrons. The number of nitrogens with zero attached hydrogens (tertiary/aromatic N) is 3. The zero-order valence-electron chi connectivity index (χ0n) is 11.6. The fourth-order valence-electron chi connectivity index (χ4n) is 2.64. The Labute approximate surface area is 132 Å². The fraction of sp³-hybridized carbons (Fsp3) is 0.188. The normalized spacial score (nSPS) is 12.7. The van der Waals surface area contributed by atoms with Crippen molar-refractivity contribution >= 4 is 23.1 Å². The van der Waals surface area contributed by atoms with Crippen LogP contribution in [0.15, 0.2) is 24.4 Å². The Morgan fingerprint density at radius 2 is 2.23 bits per heavy atom.